The Morgan fingerprint density at radius 2 is 1.85 bits per heavy atom. The van der Waals surface area contributed by atoms with Gasteiger partial charge in [-0.2, -0.15) is 0 Å². The lowest BCUT2D eigenvalue weighted by Crippen LogP contribution is -2.37. The summed E-state index contributed by atoms with van der Waals surface area (Å²) < 4.78 is 13.0. The summed E-state index contributed by atoms with van der Waals surface area (Å²) >= 11 is 0. The summed E-state index contributed by atoms with van der Waals surface area (Å²) in [6, 6.07) is 6.51. The summed E-state index contributed by atoms with van der Waals surface area (Å²) in [5.74, 6) is 1.93. The van der Waals surface area contributed by atoms with Crippen molar-refractivity contribution in [1.29, 1.82) is 0 Å². The van der Waals surface area contributed by atoms with Gasteiger partial charge >= 0.3 is 0 Å². The molecule has 0 aliphatic heterocycles. The average Bonchev–Trinajstić information content (AvgIpc) is 3.06. The summed E-state index contributed by atoms with van der Waals surface area (Å²) in [5, 5.41) is 0. The third kappa shape index (κ3) is 2.46. The molecule has 0 radical (unpaired) electrons. The van der Waals surface area contributed by atoms with Gasteiger partial charge in [0.05, 0.1) is 6.04 Å². The van der Waals surface area contributed by atoms with Crippen LogP contribution in [0.1, 0.15) is 44.7 Å². The molecule has 0 spiro atoms. The number of rotatable bonds is 4. The van der Waals surface area contributed by atoms with E-state index in [1.165, 1.54) is 18.6 Å². The molecule has 2 aliphatic carbocycles. The van der Waals surface area contributed by atoms with Crippen LogP contribution in [0.4, 0.5) is 4.39 Å². The van der Waals surface area contributed by atoms with Crippen LogP contribution >= 0.6 is 0 Å². The van der Waals surface area contributed by atoms with Crippen LogP contribution in [-0.2, 0) is 4.79 Å². The smallest absolute Gasteiger partial charge is 0.226 e. The summed E-state index contributed by atoms with van der Waals surface area (Å²) in [6.45, 7) is 4.77. The van der Waals surface area contributed by atoms with Gasteiger partial charge in [-0.05, 0) is 62.6 Å². The zero-order valence-electron chi connectivity index (χ0n) is 12.2. The van der Waals surface area contributed by atoms with E-state index in [2.05, 4.69) is 0 Å². The number of fused-ring (bicyclic) bond motifs is 1. The van der Waals surface area contributed by atoms with E-state index in [4.69, 9.17) is 0 Å². The predicted molar refractivity (Wildman–Crippen MR) is 76.5 cm³/mol. The molecule has 3 rings (SSSR count). The Labute approximate surface area is 120 Å². The normalized spacial score (nSPS) is 28.9. The highest BCUT2D eigenvalue weighted by atomic mass is 19.1. The summed E-state index contributed by atoms with van der Waals surface area (Å²) in [5.41, 5.74) is 1.00. The van der Waals surface area contributed by atoms with Crippen molar-refractivity contribution in [2.75, 3.05) is 6.54 Å². The van der Waals surface area contributed by atoms with Crippen molar-refractivity contribution in [1.82, 2.24) is 4.90 Å². The van der Waals surface area contributed by atoms with Crippen LogP contribution in [-0.4, -0.2) is 17.4 Å². The van der Waals surface area contributed by atoms with Crippen LogP contribution in [0.25, 0.3) is 0 Å². The third-order valence-electron chi connectivity index (χ3n) is 5.04. The molecule has 2 nitrogen and oxygen atoms in total. The van der Waals surface area contributed by atoms with Crippen molar-refractivity contribution < 1.29 is 9.18 Å². The van der Waals surface area contributed by atoms with Gasteiger partial charge in [-0.1, -0.05) is 12.1 Å². The van der Waals surface area contributed by atoms with E-state index < -0.39 is 0 Å². The van der Waals surface area contributed by atoms with E-state index in [0.717, 1.165) is 30.2 Å². The fourth-order valence-corrected chi connectivity index (χ4v) is 3.69. The molecule has 1 aromatic carbocycles. The molecule has 0 bridgehead atoms. The summed E-state index contributed by atoms with van der Waals surface area (Å²) in [4.78, 5) is 14.6. The Kier molecular flexibility index (Phi) is 3.53. The largest absolute Gasteiger partial charge is 0.336 e. The molecule has 2 fully saturated rings. The lowest BCUT2D eigenvalue weighted by Gasteiger charge is -2.31. The first-order valence-corrected chi connectivity index (χ1v) is 7.66. The van der Waals surface area contributed by atoms with Gasteiger partial charge in [0.15, 0.2) is 0 Å². The molecule has 3 unspecified atom stereocenters. The van der Waals surface area contributed by atoms with Crippen molar-refractivity contribution in [3.8, 4) is 0 Å². The van der Waals surface area contributed by atoms with E-state index in [0.29, 0.717) is 6.54 Å². The number of benzene rings is 1. The monoisotopic (exact) mass is 275 g/mol. The molecule has 20 heavy (non-hydrogen) atoms. The SMILES string of the molecule is CCN(C(=O)C1CC2CC2C1)C(C)c1ccc(F)cc1. The predicted octanol–water partition coefficient (Wildman–Crippen LogP) is 3.78. The van der Waals surface area contributed by atoms with Gasteiger partial charge in [0.1, 0.15) is 5.82 Å². The van der Waals surface area contributed by atoms with Crippen molar-refractivity contribution in [2.24, 2.45) is 17.8 Å². The molecule has 2 saturated carbocycles. The maximum atomic E-state index is 13.0. The highest BCUT2D eigenvalue weighted by Crippen LogP contribution is 2.54. The molecule has 3 atom stereocenters. The highest BCUT2D eigenvalue weighted by molar-refractivity contribution is 5.80. The summed E-state index contributed by atoms with van der Waals surface area (Å²) in [6.07, 6.45) is 3.50. The van der Waals surface area contributed by atoms with Crippen molar-refractivity contribution in [3.05, 3.63) is 35.6 Å². The number of halogens is 1. The minimum atomic E-state index is -0.230. The van der Waals surface area contributed by atoms with Crippen molar-refractivity contribution in [2.45, 2.75) is 39.2 Å². The van der Waals surface area contributed by atoms with Crippen LogP contribution in [0, 0.1) is 23.6 Å². The van der Waals surface area contributed by atoms with Gasteiger partial charge in [-0.15, -0.1) is 0 Å². The number of nitrogens with zero attached hydrogens (tertiary/aromatic N) is 1. The van der Waals surface area contributed by atoms with E-state index >= 15 is 0 Å². The van der Waals surface area contributed by atoms with Gasteiger partial charge in [0, 0.05) is 12.5 Å². The second-order valence-electron chi connectivity index (χ2n) is 6.28. The van der Waals surface area contributed by atoms with Gasteiger partial charge in [0.2, 0.25) is 5.91 Å². The van der Waals surface area contributed by atoms with Crippen molar-refractivity contribution in [3.63, 3.8) is 0 Å². The minimum absolute atomic E-state index is 0.0185. The van der Waals surface area contributed by atoms with E-state index in [9.17, 15) is 9.18 Å². The first kappa shape index (κ1) is 13.6. The molecular formula is C17H22FNO. The Morgan fingerprint density at radius 1 is 1.25 bits per heavy atom. The topological polar surface area (TPSA) is 20.3 Å². The molecule has 0 N–H and O–H groups in total. The van der Waals surface area contributed by atoms with Crippen LogP contribution in [0.5, 0.6) is 0 Å². The molecule has 0 heterocycles. The molecule has 1 aromatic rings. The number of amides is 1. The number of hydrogen-bond acceptors (Lipinski definition) is 1. The molecule has 2 aliphatic rings. The number of carbonyl (C=O) groups is 1. The van der Waals surface area contributed by atoms with Gasteiger partial charge in [-0.3, -0.25) is 4.79 Å². The molecular weight excluding hydrogens is 253 g/mol. The maximum absolute atomic E-state index is 13.0. The molecule has 1 amide bonds. The van der Waals surface area contributed by atoms with E-state index in [1.807, 2.05) is 18.7 Å². The Balaban J connectivity index is 1.71. The average molecular weight is 275 g/mol. The molecule has 108 valence electrons. The third-order valence-corrected chi connectivity index (χ3v) is 5.04. The zero-order chi connectivity index (χ0) is 14.3. The second kappa shape index (κ2) is 5.19. The zero-order valence-corrected chi connectivity index (χ0v) is 12.2. The number of hydrogen-bond donors (Lipinski definition) is 0. The minimum Gasteiger partial charge on any atom is -0.336 e. The summed E-state index contributed by atoms with van der Waals surface area (Å²) in [7, 11) is 0. The standard InChI is InChI=1S/C17H22FNO/c1-3-19(11(2)12-4-6-16(18)7-5-12)17(20)15-9-13-8-14(13)10-15/h4-7,11,13-15H,3,8-10H2,1-2H3. The van der Waals surface area contributed by atoms with Crippen LogP contribution in [0.15, 0.2) is 24.3 Å². The van der Waals surface area contributed by atoms with Gasteiger partial charge in [-0.25, -0.2) is 4.39 Å². The Morgan fingerprint density at radius 3 is 2.40 bits per heavy atom. The highest BCUT2D eigenvalue weighted by Gasteiger charge is 2.49. The van der Waals surface area contributed by atoms with Gasteiger partial charge < -0.3 is 4.90 Å². The first-order chi connectivity index (χ1) is 9.60. The van der Waals surface area contributed by atoms with Crippen LogP contribution < -0.4 is 0 Å². The molecule has 0 saturated heterocycles. The molecule has 3 heteroatoms. The lowest BCUT2D eigenvalue weighted by molar-refractivity contribution is -0.137. The second-order valence-corrected chi connectivity index (χ2v) is 6.28. The lowest BCUT2D eigenvalue weighted by atomic mass is 9.99. The fraction of sp³-hybridized carbons (Fsp3) is 0.588. The Bertz CT molecular complexity index is 488. The van der Waals surface area contributed by atoms with E-state index in [1.54, 1.807) is 12.1 Å². The quantitative estimate of drug-likeness (QED) is 0.819. The van der Waals surface area contributed by atoms with Gasteiger partial charge in [0.25, 0.3) is 0 Å². The Hall–Kier alpha value is -1.38. The maximum Gasteiger partial charge on any atom is 0.226 e. The van der Waals surface area contributed by atoms with Crippen LogP contribution in [0.2, 0.25) is 0 Å². The van der Waals surface area contributed by atoms with Crippen LogP contribution in [0.3, 0.4) is 0 Å². The van der Waals surface area contributed by atoms with Crippen molar-refractivity contribution >= 4 is 5.91 Å². The fourth-order valence-electron chi connectivity index (χ4n) is 3.69. The number of carbonyl (C=O) groups excluding carboxylic acids is 1. The first-order valence-electron chi connectivity index (χ1n) is 7.66. The molecule has 0 aromatic heterocycles. The van der Waals surface area contributed by atoms with E-state index in [-0.39, 0.29) is 23.7 Å².